The van der Waals surface area contributed by atoms with Crippen molar-refractivity contribution < 1.29 is 9.18 Å². The van der Waals surface area contributed by atoms with Crippen LogP contribution in [0.4, 0.5) is 4.39 Å². The van der Waals surface area contributed by atoms with Crippen molar-refractivity contribution in [2.45, 2.75) is 39.2 Å². The largest absolute Gasteiger partial charge is 0.338 e. The SMILES string of the molecule is CCN(Cc1cccc(F)c1)C(=O)C1CCC(CN)CC1. The van der Waals surface area contributed by atoms with Crippen LogP contribution in [0.2, 0.25) is 0 Å². The number of hydrogen-bond donors (Lipinski definition) is 1. The van der Waals surface area contributed by atoms with E-state index in [9.17, 15) is 9.18 Å². The number of amides is 1. The molecule has 0 aromatic heterocycles. The number of nitrogens with two attached hydrogens (primary N) is 1. The highest BCUT2D eigenvalue weighted by molar-refractivity contribution is 5.78. The Morgan fingerprint density at radius 3 is 2.62 bits per heavy atom. The molecule has 21 heavy (non-hydrogen) atoms. The number of carbonyl (C=O) groups is 1. The Morgan fingerprint density at radius 1 is 1.33 bits per heavy atom. The fourth-order valence-corrected chi connectivity index (χ4v) is 3.10. The van der Waals surface area contributed by atoms with Crippen LogP contribution in [0.5, 0.6) is 0 Å². The molecule has 4 heteroatoms. The summed E-state index contributed by atoms with van der Waals surface area (Å²) in [4.78, 5) is 14.5. The van der Waals surface area contributed by atoms with Crippen molar-refractivity contribution in [3.8, 4) is 0 Å². The minimum atomic E-state index is -0.251. The average molecular weight is 292 g/mol. The summed E-state index contributed by atoms with van der Waals surface area (Å²) in [5.41, 5.74) is 6.54. The lowest BCUT2D eigenvalue weighted by Gasteiger charge is -2.31. The first-order valence-electron chi connectivity index (χ1n) is 7.87. The normalized spacial score (nSPS) is 22.0. The highest BCUT2D eigenvalue weighted by atomic mass is 19.1. The molecule has 0 unspecified atom stereocenters. The van der Waals surface area contributed by atoms with E-state index in [1.54, 1.807) is 6.07 Å². The topological polar surface area (TPSA) is 46.3 Å². The lowest BCUT2D eigenvalue weighted by atomic mass is 9.81. The molecule has 1 amide bonds. The van der Waals surface area contributed by atoms with Crippen LogP contribution in [0, 0.1) is 17.7 Å². The molecule has 1 aliphatic carbocycles. The third kappa shape index (κ3) is 4.27. The molecule has 1 aromatic rings. The van der Waals surface area contributed by atoms with Crippen molar-refractivity contribution >= 4 is 5.91 Å². The van der Waals surface area contributed by atoms with Gasteiger partial charge in [0.15, 0.2) is 0 Å². The predicted octanol–water partition coefficient (Wildman–Crippen LogP) is 2.94. The first-order chi connectivity index (χ1) is 10.1. The van der Waals surface area contributed by atoms with E-state index in [2.05, 4.69) is 0 Å². The molecule has 0 atom stereocenters. The Labute approximate surface area is 126 Å². The molecular formula is C17H25FN2O. The van der Waals surface area contributed by atoms with Gasteiger partial charge in [-0.1, -0.05) is 12.1 Å². The number of benzene rings is 1. The van der Waals surface area contributed by atoms with Gasteiger partial charge in [0.05, 0.1) is 0 Å². The van der Waals surface area contributed by atoms with E-state index in [0.717, 1.165) is 37.8 Å². The first kappa shape index (κ1) is 16.0. The molecule has 0 aliphatic heterocycles. The quantitative estimate of drug-likeness (QED) is 0.907. The van der Waals surface area contributed by atoms with Crippen molar-refractivity contribution in [3.05, 3.63) is 35.6 Å². The van der Waals surface area contributed by atoms with Crippen molar-refractivity contribution in [2.24, 2.45) is 17.6 Å². The third-order valence-electron chi connectivity index (χ3n) is 4.49. The summed E-state index contributed by atoms with van der Waals surface area (Å²) in [7, 11) is 0. The van der Waals surface area contributed by atoms with Crippen LogP contribution < -0.4 is 5.73 Å². The Kier molecular flexibility index (Phi) is 5.74. The van der Waals surface area contributed by atoms with Crippen LogP contribution in [0.15, 0.2) is 24.3 Å². The second-order valence-corrected chi connectivity index (χ2v) is 5.94. The maximum Gasteiger partial charge on any atom is 0.225 e. The monoisotopic (exact) mass is 292 g/mol. The maximum atomic E-state index is 13.2. The highest BCUT2D eigenvalue weighted by Gasteiger charge is 2.28. The third-order valence-corrected chi connectivity index (χ3v) is 4.49. The number of hydrogen-bond acceptors (Lipinski definition) is 2. The highest BCUT2D eigenvalue weighted by Crippen LogP contribution is 2.29. The van der Waals surface area contributed by atoms with E-state index >= 15 is 0 Å². The summed E-state index contributed by atoms with van der Waals surface area (Å²) in [5.74, 6) is 0.644. The Bertz CT molecular complexity index is 470. The number of rotatable bonds is 5. The summed E-state index contributed by atoms with van der Waals surface area (Å²) in [5, 5.41) is 0. The van der Waals surface area contributed by atoms with Gasteiger partial charge in [0.1, 0.15) is 5.82 Å². The van der Waals surface area contributed by atoms with E-state index in [0.29, 0.717) is 19.0 Å². The van der Waals surface area contributed by atoms with Crippen molar-refractivity contribution in [3.63, 3.8) is 0 Å². The summed E-state index contributed by atoms with van der Waals surface area (Å²) in [6.45, 7) is 3.85. The average Bonchev–Trinajstić information content (AvgIpc) is 2.52. The first-order valence-corrected chi connectivity index (χ1v) is 7.87. The molecule has 0 saturated heterocycles. The molecule has 116 valence electrons. The van der Waals surface area contributed by atoms with Crippen LogP contribution in [0.3, 0.4) is 0 Å². The standard InChI is InChI=1S/C17H25FN2O/c1-2-20(12-14-4-3-5-16(18)10-14)17(21)15-8-6-13(11-19)7-9-15/h3-5,10,13,15H,2,6-9,11-12,19H2,1H3. The Hall–Kier alpha value is -1.42. The fraction of sp³-hybridized carbons (Fsp3) is 0.588. The van der Waals surface area contributed by atoms with Gasteiger partial charge < -0.3 is 10.6 Å². The molecule has 0 bridgehead atoms. The van der Waals surface area contributed by atoms with Gasteiger partial charge in [-0.05, 0) is 62.8 Å². The molecule has 1 aliphatic rings. The van der Waals surface area contributed by atoms with Crippen molar-refractivity contribution in [1.82, 2.24) is 4.90 Å². The summed E-state index contributed by atoms with van der Waals surface area (Å²) < 4.78 is 13.2. The van der Waals surface area contributed by atoms with E-state index in [4.69, 9.17) is 5.73 Å². The van der Waals surface area contributed by atoms with Gasteiger partial charge in [0, 0.05) is 19.0 Å². The zero-order chi connectivity index (χ0) is 15.2. The molecule has 1 aromatic carbocycles. The molecule has 1 fully saturated rings. The number of carbonyl (C=O) groups excluding carboxylic acids is 1. The molecular weight excluding hydrogens is 267 g/mol. The van der Waals surface area contributed by atoms with Gasteiger partial charge in [0.25, 0.3) is 0 Å². The predicted molar refractivity (Wildman–Crippen MR) is 82.0 cm³/mol. The van der Waals surface area contributed by atoms with E-state index in [1.165, 1.54) is 12.1 Å². The Morgan fingerprint density at radius 2 is 2.05 bits per heavy atom. The van der Waals surface area contributed by atoms with Crippen LogP contribution in [0.1, 0.15) is 38.2 Å². The van der Waals surface area contributed by atoms with E-state index in [1.807, 2.05) is 17.9 Å². The summed E-state index contributed by atoms with van der Waals surface area (Å²) in [6, 6.07) is 6.48. The van der Waals surface area contributed by atoms with Crippen molar-refractivity contribution in [1.29, 1.82) is 0 Å². The minimum Gasteiger partial charge on any atom is -0.338 e. The summed E-state index contributed by atoms with van der Waals surface area (Å²) >= 11 is 0. The molecule has 0 heterocycles. The van der Waals surface area contributed by atoms with E-state index < -0.39 is 0 Å². The lowest BCUT2D eigenvalue weighted by molar-refractivity contribution is -0.137. The molecule has 2 rings (SSSR count). The lowest BCUT2D eigenvalue weighted by Crippen LogP contribution is -2.37. The molecule has 0 spiro atoms. The summed E-state index contributed by atoms with van der Waals surface area (Å²) in [6.07, 6.45) is 3.95. The smallest absolute Gasteiger partial charge is 0.225 e. The van der Waals surface area contributed by atoms with Gasteiger partial charge in [-0.2, -0.15) is 0 Å². The van der Waals surface area contributed by atoms with Gasteiger partial charge in [0.2, 0.25) is 5.91 Å². The van der Waals surface area contributed by atoms with Crippen LogP contribution in [-0.4, -0.2) is 23.9 Å². The minimum absolute atomic E-state index is 0.112. The van der Waals surface area contributed by atoms with E-state index in [-0.39, 0.29) is 17.6 Å². The van der Waals surface area contributed by atoms with Gasteiger partial charge >= 0.3 is 0 Å². The zero-order valence-electron chi connectivity index (χ0n) is 12.7. The number of nitrogens with zero attached hydrogens (tertiary/aromatic N) is 1. The number of halogens is 1. The fourth-order valence-electron chi connectivity index (χ4n) is 3.10. The Balaban J connectivity index is 1.96. The van der Waals surface area contributed by atoms with Gasteiger partial charge in [-0.3, -0.25) is 4.79 Å². The van der Waals surface area contributed by atoms with Crippen molar-refractivity contribution in [2.75, 3.05) is 13.1 Å². The molecule has 1 saturated carbocycles. The molecule has 3 nitrogen and oxygen atoms in total. The molecule has 2 N–H and O–H groups in total. The molecule has 0 radical (unpaired) electrons. The second kappa shape index (κ2) is 7.55. The van der Waals surface area contributed by atoms with Crippen LogP contribution in [-0.2, 0) is 11.3 Å². The van der Waals surface area contributed by atoms with Gasteiger partial charge in [-0.15, -0.1) is 0 Å². The van der Waals surface area contributed by atoms with Gasteiger partial charge in [-0.25, -0.2) is 4.39 Å². The van der Waals surface area contributed by atoms with Crippen LogP contribution >= 0.6 is 0 Å². The maximum absolute atomic E-state index is 13.2. The zero-order valence-corrected chi connectivity index (χ0v) is 12.7. The van der Waals surface area contributed by atoms with Crippen LogP contribution in [0.25, 0.3) is 0 Å². The second-order valence-electron chi connectivity index (χ2n) is 5.94.